The van der Waals surface area contributed by atoms with Gasteiger partial charge < -0.3 is 9.52 Å². The normalized spacial score (nSPS) is 19.6. The fourth-order valence-corrected chi connectivity index (χ4v) is 2.60. The Kier molecular flexibility index (Phi) is 2.05. The molecule has 1 heterocycles. The maximum absolute atomic E-state index is 11.9. The number of fused-ring (bicyclic) bond motifs is 2. The Morgan fingerprint density at radius 2 is 2.24 bits per heavy atom. The summed E-state index contributed by atoms with van der Waals surface area (Å²) in [6, 6.07) is 1.99. The third-order valence-electron chi connectivity index (χ3n) is 3.68. The van der Waals surface area contributed by atoms with E-state index < -0.39 is 0 Å². The van der Waals surface area contributed by atoms with Crippen LogP contribution in [0.5, 0.6) is 5.75 Å². The van der Waals surface area contributed by atoms with Crippen molar-refractivity contribution in [3.05, 3.63) is 29.0 Å². The molecule has 0 radical (unpaired) electrons. The predicted octanol–water partition coefficient (Wildman–Crippen LogP) is 3.53. The summed E-state index contributed by atoms with van der Waals surface area (Å²) in [5.74, 6) is 0.348. The highest BCUT2D eigenvalue weighted by atomic mass is 16.3. The molecule has 1 aromatic heterocycles. The van der Waals surface area contributed by atoms with Crippen LogP contribution in [0.1, 0.15) is 47.2 Å². The lowest BCUT2D eigenvalue weighted by molar-refractivity contribution is 0.0965. The van der Waals surface area contributed by atoms with Crippen LogP contribution in [0.15, 0.2) is 16.7 Å². The molecule has 1 atom stereocenters. The summed E-state index contributed by atoms with van der Waals surface area (Å²) in [6.45, 7) is 4.03. The van der Waals surface area contributed by atoms with Crippen LogP contribution in [0.2, 0.25) is 0 Å². The van der Waals surface area contributed by atoms with Crippen molar-refractivity contribution in [3.8, 4) is 5.75 Å². The summed E-state index contributed by atoms with van der Waals surface area (Å²) in [6.07, 6.45) is 2.98. The maximum atomic E-state index is 11.9. The summed E-state index contributed by atoms with van der Waals surface area (Å²) in [5.41, 5.74) is 2.84. The van der Waals surface area contributed by atoms with Crippen LogP contribution in [-0.4, -0.2) is 10.9 Å². The summed E-state index contributed by atoms with van der Waals surface area (Å²) in [7, 11) is 0. The van der Waals surface area contributed by atoms with Crippen molar-refractivity contribution in [3.63, 3.8) is 0 Å². The predicted molar refractivity (Wildman–Crippen MR) is 64.6 cm³/mol. The fraction of sp³-hybridized carbons (Fsp3) is 0.357. The van der Waals surface area contributed by atoms with E-state index in [0.717, 1.165) is 22.9 Å². The smallest absolute Gasteiger partial charge is 0.176 e. The lowest BCUT2D eigenvalue weighted by Crippen LogP contribution is -2.14. The van der Waals surface area contributed by atoms with Crippen LogP contribution >= 0.6 is 0 Å². The van der Waals surface area contributed by atoms with Gasteiger partial charge in [-0.15, -0.1) is 0 Å². The molecular weight excluding hydrogens is 216 g/mol. The van der Waals surface area contributed by atoms with Crippen molar-refractivity contribution >= 4 is 16.8 Å². The van der Waals surface area contributed by atoms with Crippen LogP contribution < -0.4 is 0 Å². The van der Waals surface area contributed by atoms with Gasteiger partial charge in [-0.25, -0.2) is 0 Å². The molecule has 0 bridgehead atoms. The van der Waals surface area contributed by atoms with Gasteiger partial charge in [-0.2, -0.15) is 0 Å². The van der Waals surface area contributed by atoms with Crippen LogP contribution in [0, 0.1) is 6.92 Å². The lowest BCUT2D eigenvalue weighted by Gasteiger charge is -2.22. The SMILES string of the molecule is Cc1coc2c(O)c3c(cc12)[C@@H](C)CCC3=O. The summed E-state index contributed by atoms with van der Waals surface area (Å²) < 4.78 is 5.33. The van der Waals surface area contributed by atoms with E-state index in [1.807, 2.05) is 13.0 Å². The molecule has 1 aliphatic carbocycles. The van der Waals surface area contributed by atoms with Crippen molar-refractivity contribution < 1.29 is 14.3 Å². The zero-order valence-corrected chi connectivity index (χ0v) is 9.91. The zero-order chi connectivity index (χ0) is 12.2. The van der Waals surface area contributed by atoms with E-state index in [2.05, 4.69) is 6.92 Å². The van der Waals surface area contributed by atoms with E-state index in [-0.39, 0.29) is 11.5 Å². The Labute approximate surface area is 99.0 Å². The first-order chi connectivity index (χ1) is 8.09. The average molecular weight is 230 g/mol. The Bertz CT molecular complexity index is 622. The van der Waals surface area contributed by atoms with Crippen LogP contribution in [-0.2, 0) is 0 Å². The van der Waals surface area contributed by atoms with Gasteiger partial charge in [0.15, 0.2) is 17.1 Å². The first-order valence-corrected chi connectivity index (χ1v) is 5.86. The molecule has 0 amide bonds. The number of hydrogen-bond acceptors (Lipinski definition) is 3. The minimum absolute atomic E-state index is 0.0159. The summed E-state index contributed by atoms with van der Waals surface area (Å²) >= 11 is 0. The van der Waals surface area contributed by atoms with E-state index in [1.165, 1.54) is 0 Å². The number of hydrogen-bond donors (Lipinski definition) is 1. The number of benzene rings is 1. The molecule has 3 nitrogen and oxygen atoms in total. The molecule has 1 N–H and O–H groups in total. The van der Waals surface area contributed by atoms with Crippen LogP contribution in [0.25, 0.3) is 11.0 Å². The number of aryl methyl sites for hydroxylation is 1. The van der Waals surface area contributed by atoms with Crippen molar-refractivity contribution in [1.82, 2.24) is 0 Å². The largest absolute Gasteiger partial charge is 0.504 e. The minimum Gasteiger partial charge on any atom is -0.504 e. The second-order valence-corrected chi connectivity index (χ2v) is 4.85. The third kappa shape index (κ3) is 1.32. The number of phenols is 1. The molecule has 17 heavy (non-hydrogen) atoms. The fourth-order valence-electron chi connectivity index (χ4n) is 2.60. The molecule has 1 aromatic carbocycles. The van der Waals surface area contributed by atoms with E-state index >= 15 is 0 Å². The molecule has 3 rings (SSSR count). The van der Waals surface area contributed by atoms with Crippen molar-refractivity contribution in [2.45, 2.75) is 32.6 Å². The number of carbonyl (C=O) groups is 1. The number of furan rings is 1. The lowest BCUT2D eigenvalue weighted by atomic mass is 9.82. The van der Waals surface area contributed by atoms with E-state index in [0.29, 0.717) is 23.5 Å². The Morgan fingerprint density at radius 3 is 3.00 bits per heavy atom. The molecule has 0 aliphatic heterocycles. The van der Waals surface area contributed by atoms with Crippen molar-refractivity contribution in [2.75, 3.05) is 0 Å². The molecule has 1 aliphatic rings. The van der Waals surface area contributed by atoms with Gasteiger partial charge in [-0.3, -0.25) is 4.79 Å². The van der Waals surface area contributed by atoms with E-state index in [1.54, 1.807) is 6.26 Å². The van der Waals surface area contributed by atoms with Crippen LogP contribution in [0.3, 0.4) is 0 Å². The zero-order valence-electron chi connectivity index (χ0n) is 9.91. The minimum atomic E-state index is 0.0159. The quantitative estimate of drug-likeness (QED) is 0.753. The number of ketones is 1. The molecule has 0 fully saturated rings. The number of phenolic OH excluding ortho intramolecular Hbond substituents is 1. The Morgan fingerprint density at radius 1 is 1.47 bits per heavy atom. The highest BCUT2D eigenvalue weighted by Crippen LogP contribution is 2.41. The van der Waals surface area contributed by atoms with Gasteiger partial charge in [0, 0.05) is 11.8 Å². The number of Topliss-reactive ketones (excluding diaryl/α,β-unsaturated/α-hetero) is 1. The third-order valence-corrected chi connectivity index (χ3v) is 3.68. The van der Waals surface area contributed by atoms with Crippen molar-refractivity contribution in [2.24, 2.45) is 0 Å². The average Bonchev–Trinajstić information content (AvgIpc) is 2.67. The number of rotatable bonds is 0. The second-order valence-electron chi connectivity index (χ2n) is 4.85. The Hall–Kier alpha value is -1.77. The number of carbonyl (C=O) groups excluding carboxylic acids is 1. The molecule has 0 saturated heterocycles. The molecule has 0 unspecified atom stereocenters. The van der Waals surface area contributed by atoms with Crippen LogP contribution in [0.4, 0.5) is 0 Å². The summed E-state index contributed by atoms with van der Waals surface area (Å²) in [4.78, 5) is 11.9. The van der Waals surface area contributed by atoms with Gasteiger partial charge in [-0.05, 0) is 36.5 Å². The highest BCUT2D eigenvalue weighted by Gasteiger charge is 2.28. The molecule has 88 valence electrons. The standard InChI is InChI=1S/C14H14O3/c1-7-3-4-11(15)12-9(7)5-10-8(2)6-17-14(10)13(12)16/h5-7,16H,3-4H2,1-2H3/t7-/m0/s1. The topological polar surface area (TPSA) is 50.4 Å². The second kappa shape index (κ2) is 3.36. The molecule has 3 heteroatoms. The van der Waals surface area contributed by atoms with Gasteiger partial charge in [-0.1, -0.05) is 6.92 Å². The summed E-state index contributed by atoms with van der Waals surface area (Å²) in [5, 5.41) is 11.1. The monoisotopic (exact) mass is 230 g/mol. The van der Waals surface area contributed by atoms with E-state index in [4.69, 9.17) is 4.42 Å². The van der Waals surface area contributed by atoms with Gasteiger partial charge in [0.25, 0.3) is 0 Å². The van der Waals surface area contributed by atoms with Crippen molar-refractivity contribution in [1.29, 1.82) is 0 Å². The maximum Gasteiger partial charge on any atom is 0.176 e. The van der Waals surface area contributed by atoms with Gasteiger partial charge in [0.05, 0.1) is 11.8 Å². The highest BCUT2D eigenvalue weighted by molar-refractivity contribution is 6.06. The van der Waals surface area contributed by atoms with Gasteiger partial charge >= 0.3 is 0 Å². The van der Waals surface area contributed by atoms with E-state index in [9.17, 15) is 9.90 Å². The first-order valence-electron chi connectivity index (χ1n) is 5.86. The molecule has 2 aromatic rings. The van der Waals surface area contributed by atoms with Gasteiger partial charge in [0.2, 0.25) is 0 Å². The Balaban J connectivity index is 2.43. The molecule has 0 spiro atoms. The molecule has 0 saturated carbocycles. The number of aromatic hydroxyl groups is 1. The first kappa shape index (κ1) is 10.4. The molecular formula is C14H14O3. The van der Waals surface area contributed by atoms with Gasteiger partial charge in [0.1, 0.15) is 0 Å².